The van der Waals surface area contributed by atoms with Crippen molar-refractivity contribution in [2.75, 3.05) is 19.6 Å². The van der Waals surface area contributed by atoms with E-state index in [9.17, 15) is 0 Å². The van der Waals surface area contributed by atoms with E-state index < -0.39 is 0 Å². The molecule has 0 spiro atoms. The largest absolute Gasteiger partial charge is 0.371 e. The summed E-state index contributed by atoms with van der Waals surface area (Å²) in [5.41, 5.74) is 1.81. The first-order valence-corrected chi connectivity index (χ1v) is 8.53. The van der Waals surface area contributed by atoms with Crippen LogP contribution in [0.1, 0.15) is 50.5 Å². The molecule has 0 radical (unpaired) electrons. The van der Waals surface area contributed by atoms with Gasteiger partial charge in [0, 0.05) is 25.0 Å². The number of nitrogens with one attached hydrogen (secondary N) is 1. The highest BCUT2D eigenvalue weighted by molar-refractivity contribution is 5.27. The van der Waals surface area contributed by atoms with Crippen LogP contribution in [0, 0.1) is 0 Å². The van der Waals surface area contributed by atoms with Gasteiger partial charge < -0.3 is 10.2 Å². The van der Waals surface area contributed by atoms with Crippen LogP contribution < -0.4 is 5.32 Å². The van der Waals surface area contributed by atoms with Crippen LogP contribution in [0.25, 0.3) is 0 Å². The molecule has 1 N–H and O–H groups in total. The molecular weight excluding hydrogens is 256 g/mol. The Bertz CT molecular complexity index is 454. The minimum Gasteiger partial charge on any atom is -0.371 e. The summed E-state index contributed by atoms with van der Waals surface area (Å²) in [5, 5.41) is 3.67. The van der Waals surface area contributed by atoms with E-state index >= 15 is 0 Å². The molecule has 21 heavy (non-hydrogen) atoms. The molecule has 2 fully saturated rings. The minimum atomic E-state index is 0.308. The van der Waals surface area contributed by atoms with Crippen molar-refractivity contribution in [1.82, 2.24) is 10.2 Å². The molecule has 1 saturated heterocycles. The molecule has 0 bridgehead atoms. The van der Waals surface area contributed by atoms with Crippen molar-refractivity contribution in [3.05, 3.63) is 48.3 Å². The average Bonchev–Trinajstić information content (AvgIpc) is 3.09. The summed E-state index contributed by atoms with van der Waals surface area (Å²) in [6.07, 6.45) is 9.32. The molecule has 2 nitrogen and oxygen atoms in total. The molecule has 3 rings (SSSR count). The topological polar surface area (TPSA) is 15.3 Å². The summed E-state index contributed by atoms with van der Waals surface area (Å²) in [5.74, 6) is 1.13. The summed E-state index contributed by atoms with van der Waals surface area (Å²) in [7, 11) is 0. The van der Waals surface area contributed by atoms with Crippen LogP contribution in [0.15, 0.2) is 42.7 Å². The SMILES string of the molecule is C=C(NCC1(c2ccccc2)CCCCC1)N1CCCC1. The molecule has 2 aliphatic rings. The summed E-state index contributed by atoms with van der Waals surface area (Å²) in [6, 6.07) is 11.1. The Morgan fingerprint density at radius 2 is 1.67 bits per heavy atom. The third-order valence-corrected chi connectivity index (χ3v) is 5.32. The van der Waals surface area contributed by atoms with Crippen molar-refractivity contribution in [2.45, 2.75) is 50.4 Å². The molecule has 1 aliphatic heterocycles. The number of rotatable bonds is 5. The molecule has 0 unspecified atom stereocenters. The molecular formula is C19H28N2. The van der Waals surface area contributed by atoms with Crippen LogP contribution in [0.4, 0.5) is 0 Å². The second-order valence-electron chi connectivity index (χ2n) is 6.70. The van der Waals surface area contributed by atoms with Gasteiger partial charge >= 0.3 is 0 Å². The van der Waals surface area contributed by atoms with Crippen molar-refractivity contribution in [3.63, 3.8) is 0 Å². The summed E-state index contributed by atoms with van der Waals surface area (Å²) in [6.45, 7) is 7.64. The van der Waals surface area contributed by atoms with Gasteiger partial charge in [-0.25, -0.2) is 0 Å². The van der Waals surface area contributed by atoms with E-state index in [4.69, 9.17) is 0 Å². The molecule has 0 amide bonds. The Hall–Kier alpha value is -1.44. The zero-order valence-electron chi connectivity index (χ0n) is 13.1. The Morgan fingerprint density at radius 1 is 1.00 bits per heavy atom. The van der Waals surface area contributed by atoms with Gasteiger partial charge in [0.25, 0.3) is 0 Å². The minimum absolute atomic E-state index is 0.308. The smallest absolute Gasteiger partial charge is 0.0939 e. The molecule has 0 aromatic heterocycles. The predicted octanol–water partition coefficient (Wildman–Crippen LogP) is 4.05. The van der Waals surface area contributed by atoms with Gasteiger partial charge in [0.05, 0.1) is 5.82 Å². The third-order valence-electron chi connectivity index (χ3n) is 5.32. The summed E-state index contributed by atoms with van der Waals surface area (Å²) >= 11 is 0. The van der Waals surface area contributed by atoms with Crippen molar-refractivity contribution >= 4 is 0 Å². The molecule has 1 heterocycles. The van der Waals surface area contributed by atoms with Crippen molar-refractivity contribution < 1.29 is 0 Å². The zero-order valence-corrected chi connectivity index (χ0v) is 13.1. The first kappa shape index (κ1) is 14.5. The van der Waals surface area contributed by atoms with Gasteiger partial charge in [-0.1, -0.05) is 56.2 Å². The Kier molecular flexibility index (Phi) is 4.52. The quantitative estimate of drug-likeness (QED) is 0.877. The maximum atomic E-state index is 4.26. The fourth-order valence-corrected chi connectivity index (χ4v) is 3.96. The van der Waals surface area contributed by atoms with Crippen LogP contribution in [0.3, 0.4) is 0 Å². The number of nitrogens with zero attached hydrogens (tertiary/aromatic N) is 1. The fraction of sp³-hybridized carbons (Fsp3) is 0.579. The number of likely N-dealkylation sites (tertiary alicyclic amines) is 1. The fourth-order valence-electron chi connectivity index (χ4n) is 3.96. The van der Waals surface area contributed by atoms with E-state index in [2.05, 4.69) is 47.1 Å². The summed E-state index contributed by atoms with van der Waals surface area (Å²) < 4.78 is 0. The van der Waals surface area contributed by atoms with Gasteiger partial charge in [-0.05, 0) is 31.2 Å². The lowest BCUT2D eigenvalue weighted by Gasteiger charge is -2.39. The summed E-state index contributed by atoms with van der Waals surface area (Å²) in [4.78, 5) is 2.40. The van der Waals surface area contributed by atoms with Crippen LogP contribution in [0.5, 0.6) is 0 Å². The number of benzene rings is 1. The molecule has 1 aliphatic carbocycles. The third kappa shape index (κ3) is 3.25. The second kappa shape index (κ2) is 6.55. The van der Waals surface area contributed by atoms with Gasteiger partial charge in [-0.15, -0.1) is 0 Å². The molecule has 1 aromatic rings. The molecule has 1 saturated carbocycles. The van der Waals surface area contributed by atoms with Gasteiger partial charge in [-0.3, -0.25) is 0 Å². The van der Waals surface area contributed by atoms with Crippen molar-refractivity contribution in [3.8, 4) is 0 Å². The predicted molar refractivity (Wildman–Crippen MR) is 89.2 cm³/mol. The lowest BCUT2D eigenvalue weighted by Crippen LogP contribution is -2.42. The Morgan fingerprint density at radius 3 is 2.33 bits per heavy atom. The van der Waals surface area contributed by atoms with Crippen LogP contribution in [-0.2, 0) is 5.41 Å². The van der Waals surface area contributed by atoms with E-state index in [1.165, 1.54) is 63.6 Å². The highest BCUT2D eigenvalue weighted by Gasteiger charge is 2.33. The molecule has 114 valence electrons. The number of hydrogen-bond donors (Lipinski definition) is 1. The maximum Gasteiger partial charge on any atom is 0.0939 e. The van der Waals surface area contributed by atoms with Gasteiger partial charge in [0.2, 0.25) is 0 Å². The van der Waals surface area contributed by atoms with Crippen molar-refractivity contribution in [2.24, 2.45) is 0 Å². The lowest BCUT2D eigenvalue weighted by molar-refractivity contribution is 0.273. The average molecular weight is 284 g/mol. The van der Waals surface area contributed by atoms with Crippen molar-refractivity contribution in [1.29, 1.82) is 0 Å². The van der Waals surface area contributed by atoms with E-state index in [1.807, 2.05) is 0 Å². The van der Waals surface area contributed by atoms with E-state index in [0.717, 1.165) is 12.4 Å². The van der Waals surface area contributed by atoms with Crippen LogP contribution in [-0.4, -0.2) is 24.5 Å². The van der Waals surface area contributed by atoms with Gasteiger partial charge in [0.1, 0.15) is 0 Å². The highest BCUT2D eigenvalue weighted by atomic mass is 15.2. The molecule has 1 aromatic carbocycles. The standard InChI is InChI=1S/C19H28N2/c1-17(21-14-8-9-15-21)20-16-19(12-6-3-7-13-19)18-10-4-2-5-11-18/h2,4-5,10-11,20H,1,3,6-9,12-16H2. The van der Waals surface area contributed by atoms with Crippen LogP contribution in [0.2, 0.25) is 0 Å². The van der Waals surface area contributed by atoms with E-state index in [1.54, 1.807) is 0 Å². The van der Waals surface area contributed by atoms with Crippen LogP contribution >= 0.6 is 0 Å². The Balaban J connectivity index is 1.69. The number of hydrogen-bond acceptors (Lipinski definition) is 2. The second-order valence-corrected chi connectivity index (χ2v) is 6.70. The zero-order chi connectivity index (χ0) is 14.5. The first-order valence-electron chi connectivity index (χ1n) is 8.53. The lowest BCUT2D eigenvalue weighted by atomic mass is 9.69. The van der Waals surface area contributed by atoms with E-state index in [-0.39, 0.29) is 0 Å². The highest BCUT2D eigenvalue weighted by Crippen LogP contribution is 2.39. The van der Waals surface area contributed by atoms with Gasteiger partial charge in [0.15, 0.2) is 0 Å². The molecule has 0 atom stereocenters. The normalized spacial score (nSPS) is 21.2. The Labute approximate surface area is 129 Å². The maximum absolute atomic E-state index is 4.26. The van der Waals surface area contributed by atoms with E-state index in [0.29, 0.717) is 5.41 Å². The monoisotopic (exact) mass is 284 g/mol. The van der Waals surface area contributed by atoms with Gasteiger partial charge in [-0.2, -0.15) is 0 Å². The first-order chi connectivity index (χ1) is 10.3. The molecule has 2 heteroatoms.